The van der Waals surface area contributed by atoms with Crippen LogP contribution >= 0.6 is 0 Å². The van der Waals surface area contributed by atoms with Crippen LogP contribution in [0.5, 0.6) is 0 Å². The molecule has 7 heteroatoms. The van der Waals surface area contributed by atoms with E-state index in [9.17, 15) is 9.59 Å². The molecule has 1 aliphatic rings. The third-order valence-electron chi connectivity index (χ3n) is 4.20. The first-order valence-corrected chi connectivity index (χ1v) is 7.76. The average molecular weight is 318 g/mol. The third-order valence-corrected chi connectivity index (χ3v) is 4.20. The van der Waals surface area contributed by atoms with Gasteiger partial charge in [-0.3, -0.25) is 18.8 Å². The number of fused-ring (bicyclic) bond motifs is 1. The van der Waals surface area contributed by atoms with Crippen LogP contribution in [-0.2, 0) is 23.2 Å². The zero-order valence-corrected chi connectivity index (χ0v) is 13.6. The minimum absolute atomic E-state index is 0.0723. The fraction of sp³-hybridized carbons (Fsp3) is 0.500. The van der Waals surface area contributed by atoms with Crippen LogP contribution in [0.4, 0.5) is 0 Å². The van der Waals surface area contributed by atoms with Crippen LogP contribution in [0.1, 0.15) is 0 Å². The number of morpholine rings is 1. The van der Waals surface area contributed by atoms with Crippen LogP contribution in [0, 0.1) is 0 Å². The topological polar surface area (TPSA) is 59.7 Å². The number of hydrogen-bond donors (Lipinski definition) is 0. The molecule has 1 fully saturated rings. The second-order valence-corrected chi connectivity index (χ2v) is 5.91. The fourth-order valence-electron chi connectivity index (χ4n) is 2.93. The molecule has 1 amide bonds. The van der Waals surface area contributed by atoms with Crippen molar-refractivity contribution in [2.45, 2.75) is 6.67 Å². The van der Waals surface area contributed by atoms with E-state index in [1.807, 2.05) is 41.1 Å². The van der Waals surface area contributed by atoms with Gasteiger partial charge in [0.2, 0.25) is 5.91 Å². The van der Waals surface area contributed by atoms with E-state index < -0.39 is 0 Å². The number of imidazole rings is 1. The molecule has 1 aromatic heterocycles. The first-order chi connectivity index (χ1) is 11.1. The normalized spacial score (nSPS) is 15.5. The Morgan fingerprint density at radius 1 is 1.22 bits per heavy atom. The number of carbonyl (C=O) groups is 1. The molecule has 3 rings (SSSR count). The van der Waals surface area contributed by atoms with Gasteiger partial charge in [-0.1, -0.05) is 12.1 Å². The Kier molecular flexibility index (Phi) is 4.49. The van der Waals surface area contributed by atoms with Crippen molar-refractivity contribution < 1.29 is 9.53 Å². The van der Waals surface area contributed by atoms with E-state index in [-0.39, 0.29) is 18.1 Å². The van der Waals surface area contributed by atoms with E-state index in [4.69, 9.17) is 4.74 Å². The van der Waals surface area contributed by atoms with Crippen molar-refractivity contribution in [1.82, 2.24) is 18.9 Å². The van der Waals surface area contributed by atoms with E-state index >= 15 is 0 Å². The molecule has 23 heavy (non-hydrogen) atoms. The van der Waals surface area contributed by atoms with E-state index in [1.54, 1.807) is 16.2 Å². The van der Waals surface area contributed by atoms with Crippen molar-refractivity contribution in [2.75, 3.05) is 39.9 Å². The van der Waals surface area contributed by atoms with Crippen LogP contribution in [-0.4, -0.2) is 64.7 Å². The van der Waals surface area contributed by atoms with E-state index in [0.29, 0.717) is 33.0 Å². The lowest BCUT2D eigenvalue weighted by molar-refractivity contribution is -0.136. The standard InChI is InChI=1S/C16H22N4O3/c1-17(11-15(21)19-7-9-23-10-8-19)12-20-14-6-4-3-5-13(14)18(2)16(20)22/h3-6H,7-12H2,1-2H3. The summed E-state index contributed by atoms with van der Waals surface area (Å²) >= 11 is 0. The lowest BCUT2D eigenvalue weighted by Crippen LogP contribution is -2.45. The molecule has 0 unspecified atom stereocenters. The van der Waals surface area contributed by atoms with Gasteiger partial charge < -0.3 is 9.64 Å². The number of para-hydroxylation sites is 2. The van der Waals surface area contributed by atoms with Crippen LogP contribution in [0.25, 0.3) is 11.0 Å². The summed E-state index contributed by atoms with van der Waals surface area (Å²) in [7, 11) is 3.62. The molecule has 0 spiro atoms. The highest BCUT2D eigenvalue weighted by atomic mass is 16.5. The highest BCUT2D eigenvalue weighted by Crippen LogP contribution is 2.11. The van der Waals surface area contributed by atoms with Crippen molar-refractivity contribution >= 4 is 16.9 Å². The lowest BCUT2D eigenvalue weighted by Gasteiger charge is -2.28. The van der Waals surface area contributed by atoms with Gasteiger partial charge in [0.25, 0.3) is 0 Å². The first kappa shape index (κ1) is 15.8. The quantitative estimate of drug-likeness (QED) is 0.801. The predicted octanol–water partition coefficient (Wildman–Crippen LogP) is 0.0881. The summed E-state index contributed by atoms with van der Waals surface area (Å²) in [6.45, 7) is 3.14. The van der Waals surface area contributed by atoms with E-state index in [2.05, 4.69) is 0 Å². The maximum absolute atomic E-state index is 12.4. The molecule has 2 heterocycles. The Balaban J connectivity index is 1.73. The summed E-state index contributed by atoms with van der Waals surface area (Å²) in [6.07, 6.45) is 0. The molecule has 0 N–H and O–H groups in total. The molecule has 0 bridgehead atoms. The van der Waals surface area contributed by atoms with E-state index in [0.717, 1.165) is 11.0 Å². The Labute approximate surface area is 134 Å². The van der Waals surface area contributed by atoms with Gasteiger partial charge in [0, 0.05) is 20.1 Å². The highest BCUT2D eigenvalue weighted by molar-refractivity contribution is 5.78. The highest BCUT2D eigenvalue weighted by Gasteiger charge is 2.19. The molecule has 1 saturated heterocycles. The number of likely N-dealkylation sites (N-methyl/N-ethyl adjacent to an activating group) is 1. The van der Waals surface area contributed by atoms with Gasteiger partial charge in [0.05, 0.1) is 37.5 Å². The second kappa shape index (κ2) is 6.55. The summed E-state index contributed by atoms with van der Waals surface area (Å²) in [4.78, 5) is 28.4. The maximum atomic E-state index is 12.4. The van der Waals surface area contributed by atoms with Gasteiger partial charge in [0.1, 0.15) is 0 Å². The molecule has 1 aliphatic heterocycles. The van der Waals surface area contributed by atoms with Gasteiger partial charge in [-0.05, 0) is 19.2 Å². The number of aromatic nitrogens is 2. The lowest BCUT2D eigenvalue weighted by atomic mass is 10.3. The minimum atomic E-state index is -0.0723. The Hall–Kier alpha value is -2.12. The molecule has 0 saturated carbocycles. The zero-order valence-electron chi connectivity index (χ0n) is 13.6. The smallest absolute Gasteiger partial charge is 0.329 e. The van der Waals surface area contributed by atoms with Gasteiger partial charge in [-0.2, -0.15) is 0 Å². The van der Waals surface area contributed by atoms with Gasteiger partial charge in [-0.25, -0.2) is 4.79 Å². The van der Waals surface area contributed by atoms with Gasteiger partial charge in [-0.15, -0.1) is 0 Å². The Bertz CT molecular complexity index is 758. The first-order valence-electron chi connectivity index (χ1n) is 7.76. The number of nitrogens with zero attached hydrogens (tertiary/aromatic N) is 4. The van der Waals surface area contributed by atoms with Crippen LogP contribution in [0.15, 0.2) is 29.1 Å². The van der Waals surface area contributed by atoms with Crippen LogP contribution in [0.2, 0.25) is 0 Å². The SMILES string of the molecule is CN(CC(=O)N1CCOCC1)Cn1c(=O)n(C)c2ccccc21. The molecule has 0 radical (unpaired) electrons. The van der Waals surface area contributed by atoms with Gasteiger partial charge >= 0.3 is 5.69 Å². The van der Waals surface area contributed by atoms with Crippen molar-refractivity contribution in [3.05, 3.63) is 34.7 Å². The van der Waals surface area contributed by atoms with Crippen LogP contribution in [0.3, 0.4) is 0 Å². The van der Waals surface area contributed by atoms with Crippen LogP contribution < -0.4 is 5.69 Å². The summed E-state index contributed by atoms with van der Waals surface area (Å²) in [6, 6.07) is 7.68. The largest absolute Gasteiger partial charge is 0.378 e. The number of ether oxygens (including phenoxy) is 1. The fourth-order valence-corrected chi connectivity index (χ4v) is 2.93. The molecule has 7 nitrogen and oxygen atoms in total. The molecular formula is C16H22N4O3. The van der Waals surface area contributed by atoms with Crippen molar-refractivity contribution in [3.63, 3.8) is 0 Å². The molecule has 2 aromatic rings. The van der Waals surface area contributed by atoms with Gasteiger partial charge in [0.15, 0.2) is 0 Å². The van der Waals surface area contributed by atoms with Crippen molar-refractivity contribution in [2.24, 2.45) is 7.05 Å². The van der Waals surface area contributed by atoms with Crippen molar-refractivity contribution in [3.8, 4) is 0 Å². The summed E-state index contributed by atoms with van der Waals surface area (Å²) in [5.41, 5.74) is 1.70. The Morgan fingerprint density at radius 3 is 2.57 bits per heavy atom. The van der Waals surface area contributed by atoms with E-state index in [1.165, 1.54) is 0 Å². The minimum Gasteiger partial charge on any atom is -0.378 e. The summed E-state index contributed by atoms with van der Waals surface area (Å²) in [5, 5.41) is 0. The Morgan fingerprint density at radius 2 is 1.87 bits per heavy atom. The molecule has 0 atom stereocenters. The number of amides is 1. The molecular weight excluding hydrogens is 296 g/mol. The summed E-state index contributed by atoms with van der Waals surface area (Å²) < 4.78 is 8.59. The number of rotatable bonds is 4. The number of benzene rings is 1. The zero-order chi connectivity index (χ0) is 16.4. The molecule has 0 aliphatic carbocycles. The second-order valence-electron chi connectivity index (χ2n) is 5.91. The average Bonchev–Trinajstić information content (AvgIpc) is 2.81. The molecule has 1 aromatic carbocycles. The number of carbonyl (C=O) groups excluding carboxylic acids is 1. The maximum Gasteiger partial charge on any atom is 0.329 e. The predicted molar refractivity (Wildman–Crippen MR) is 87.2 cm³/mol. The molecule has 124 valence electrons. The third kappa shape index (κ3) is 3.16. The summed E-state index contributed by atoms with van der Waals surface area (Å²) in [5.74, 6) is 0.0732. The van der Waals surface area contributed by atoms with Crippen molar-refractivity contribution in [1.29, 1.82) is 0 Å². The number of hydrogen-bond acceptors (Lipinski definition) is 4. The number of aryl methyl sites for hydroxylation is 1. The monoisotopic (exact) mass is 318 g/mol.